The average molecular weight is 399 g/mol. The summed E-state index contributed by atoms with van der Waals surface area (Å²) in [7, 11) is 0. The van der Waals surface area contributed by atoms with Crippen molar-refractivity contribution in [1.29, 1.82) is 0 Å². The third-order valence-corrected chi connectivity index (χ3v) is 4.55. The zero-order valence-corrected chi connectivity index (χ0v) is 17.0. The third kappa shape index (κ3) is 6.69. The number of hydrogen-bond acceptors (Lipinski definition) is 4. The van der Waals surface area contributed by atoms with Crippen molar-refractivity contribution in [1.82, 2.24) is 0 Å². The molecule has 3 N–H and O–H groups in total. The monoisotopic (exact) mass is 399 g/mol. The second-order valence-electron chi connectivity index (χ2n) is 7.02. The molecule has 2 aromatic rings. The molecule has 2 rings (SSSR count). The number of nitrogens with zero attached hydrogens (tertiary/aromatic N) is 1. The second-order valence-corrected chi connectivity index (χ2v) is 7.02. The summed E-state index contributed by atoms with van der Waals surface area (Å²) in [6.07, 6.45) is 0.816. The van der Waals surface area contributed by atoms with Crippen LogP contribution >= 0.6 is 0 Å². The minimum absolute atomic E-state index is 0.0822. The van der Waals surface area contributed by atoms with Crippen LogP contribution < -0.4 is 15.5 Å². The zero-order valence-electron chi connectivity index (χ0n) is 17.0. The van der Waals surface area contributed by atoms with E-state index in [9.17, 15) is 19.7 Å². The van der Waals surface area contributed by atoms with Gasteiger partial charge in [0.25, 0.3) is 17.5 Å². The van der Waals surface area contributed by atoms with Crippen LogP contribution in [0.5, 0.6) is 0 Å². The summed E-state index contributed by atoms with van der Waals surface area (Å²) in [5.74, 6) is -0.456. The summed E-state index contributed by atoms with van der Waals surface area (Å²) >= 11 is 0. The molecule has 2 aromatic carbocycles. The molecule has 29 heavy (non-hydrogen) atoms. The molecule has 0 aromatic heterocycles. The molecule has 0 fully saturated rings. The Morgan fingerprint density at radius 1 is 0.966 bits per heavy atom. The lowest BCUT2D eigenvalue weighted by Crippen LogP contribution is -3.14. The Bertz CT molecular complexity index is 898. The number of quaternary nitrogens is 1. The van der Waals surface area contributed by atoms with Crippen LogP contribution in [-0.4, -0.2) is 36.4 Å². The Morgan fingerprint density at radius 2 is 1.55 bits per heavy atom. The van der Waals surface area contributed by atoms with E-state index in [0.717, 1.165) is 28.1 Å². The molecular formula is C21H27N4O4+. The molecule has 0 saturated carbocycles. The Kier molecular flexibility index (Phi) is 7.85. The van der Waals surface area contributed by atoms with E-state index >= 15 is 0 Å². The fraction of sp³-hybridized carbons (Fsp3) is 0.333. The maximum absolute atomic E-state index is 12.5. The van der Waals surface area contributed by atoms with Crippen molar-refractivity contribution in [2.75, 3.05) is 30.3 Å². The van der Waals surface area contributed by atoms with E-state index in [1.54, 1.807) is 13.0 Å². The molecular weight excluding hydrogens is 372 g/mol. The third-order valence-electron chi connectivity index (χ3n) is 4.55. The first-order valence-electron chi connectivity index (χ1n) is 9.54. The number of aryl methyl sites for hydroxylation is 2. The predicted octanol–water partition coefficient (Wildman–Crippen LogP) is 2.08. The van der Waals surface area contributed by atoms with Crippen molar-refractivity contribution in [2.24, 2.45) is 0 Å². The second kappa shape index (κ2) is 10.3. The minimum atomic E-state index is -0.500. The number of benzene rings is 2. The SMILES string of the molecule is CCC[NH+](CC(=O)Nc1ccccc1C)CC(=O)Nc1cc([N+](=O)[O-])ccc1C. The van der Waals surface area contributed by atoms with Gasteiger partial charge in [-0.05, 0) is 37.5 Å². The van der Waals surface area contributed by atoms with E-state index in [1.165, 1.54) is 12.1 Å². The van der Waals surface area contributed by atoms with Gasteiger partial charge in [-0.2, -0.15) is 0 Å². The van der Waals surface area contributed by atoms with Gasteiger partial charge >= 0.3 is 0 Å². The minimum Gasteiger partial charge on any atom is -0.321 e. The molecule has 0 aliphatic rings. The lowest BCUT2D eigenvalue weighted by molar-refractivity contribution is -0.883. The maximum Gasteiger partial charge on any atom is 0.279 e. The Balaban J connectivity index is 2.00. The molecule has 0 aliphatic carbocycles. The molecule has 0 heterocycles. The van der Waals surface area contributed by atoms with Gasteiger partial charge in [-0.3, -0.25) is 19.7 Å². The van der Waals surface area contributed by atoms with Gasteiger partial charge in [0.1, 0.15) is 0 Å². The van der Waals surface area contributed by atoms with Crippen LogP contribution in [0.3, 0.4) is 0 Å². The van der Waals surface area contributed by atoms with Gasteiger partial charge in [0.2, 0.25) is 0 Å². The number of carbonyl (C=O) groups is 2. The van der Waals surface area contributed by atoms with Crippen molar-refractivity contribution in [3.63, 3.8) is 0 Å². The summed E-state index contributed by atoms with van der Waals surface area (Å²) in [6, 6.07) is 11.9. The van der Waals surface area contributed by atoms with Gasteiger partial charge in [-0.25, -0.2) is 0 Å². The van der Waals surface area contributed by atoms with Crippen LogP contribution in [0, 0.1) is 24.0 Å². The van der Waals surface area contributed by atoms with Crippen LogP contribution in [0.2, 0.25) is 0 Å². The van der Waals surface area contributed by atoms with Gasteiger partial charge in [0.05, 0.1) is 17.2 Å². The summed E-state index contributed by atoms with van der Waals surface area (Å²) in [4.78, 5) is 36.2. The van der Waals surface area contributed by atoms with Crippen molar-refractivity contribution in [3.05, 3.63) is 63.7 Å². The fourth-order valence-electron chi connectivity index (χ4n) is 3.01. The zero-order chi connectivity index (χ0) is 21.4. The molecule has 154 valence electrons. The van der Waals surface area contributed by atoms with Crippen LogP contribution in [0.1, 0.15) is 24.5 Å². The number of non-ortho nitro benzene ring substituents is 1. The van der Waals surface area contributed by atoms with Crippen LogP contribution in [0.4, 0.5) is 17.1 Å². The van der Waals surface area contributed by atoms with Crippen LogP contribution in [0.15, 0.2) is 42.5 Å². The van der Waals surface area contributed by atoms with Gasteiger partial charge in [-0.15, -0.1) is 0 Å². The highest BCUT2D eigenvalue weighted by Crippen LogP contribution is 2.21. The van der Waals surface area contributed by atoms with E-state index in [1.807, 2.05) is 38.1 Å². The number of carbonyl (C=O) groups excluding carboxylic acids is 2. The van der Waals surface area contributed by atoms with E-state index < -0.39 is 4.92 Å². The number of hydrogen-bond donors (Lipinski definition) is 3. The van der Waals surface area contributed by atoms with E-state index in [0.29, 0.717) is 12.2 Å². The first-order valence-corrected chi connectivity index (χ1v) is 9.54. The Labute approximate surface area is 170 Å². The van der Waals surface area contributed by atoms with Crippen molar-refractivity contribution < 1.29 is 19.4 Å². The largest absolute Gasteiger partial charge is 0.321 e. The van der Waals surface area contributed by atoms with Crippen molar-refractivity contribution in [2.45, 2.75) is 27.2 Å². The summed E-state index contributed by atoms with van der Waals surface area (Å²) in [5, 5.41) is 16.6. The number of anilines is 2. The van der Waals surface area contributed by atoms with Gasteiger partial charge in [0, 0.05) is 17.8 Å². The van der Waals surface area contributed by atoms with Gasteiger partial charge in [0.15, 0.2) is 13.1 Å². The van der Waals surface area contributed by atoms with E-state index in [4.69, 9.17) is 0 Å². The first kappa shape index (κ1) is 22.0. The smallest absolute Gasteiger partial charge is 0.279 e. The number of nitrogens with one attached hydrogen (secondary N) is 3. The summed E-state index contributed by atoms with van der Waals surface area (Å²) < 4.78 is 0. The molecule has 0 aliphatic heterocycles. The number of nitro groups is 1. The summed E-state index contributed by atoms with van der Waals surface area (Å²) in [5.41, 5.74) is 2.78. The maximum atomic E-state index is 12.5. The topological polar surface area (TPSA) is 106 Å². The lowest BCUT2D eigenvalue weighted by Gasteiger charge is -2.19. The van der Waals surface area contributed by atoms with Crippen LogP contribution in [0.25, 0.3) is 0 Å². The fourth-order valence-corrected chi connectivity index (χ4v) is 3.01. The number of amides is 2. The molecule has 0 bridgehead atoms. The highest BCUT2D eigenvalue weighted by Gasteiger charge is 2.19. The quantitative estimate of drug-likeness (QED) is 0.443. The molecule has 0 radical (unpaired) electrons. The predicted molar refractivity (Wildman–Crippen MR) is 112 cm³/mol. The van der Waals surface area contributed by atoms with Gasteiger partial charge < -0.3 is 15.5 Å². The average Bonchev–Trinajstić information content (AvgIpc) is 2.65. The van der Waals surface area contributed by atoms with Crippen LogP contribution in [-0.2, 0) is 9.59 Å². The highest BCUT2D eigenvalue weighted by atomic mass is 16.6. The van der Waals surface area contributed by atoms with Crippen molar-refractivity contribution in [3.8, 4) is 0 Å². The highest BCUT2D eigenvalue weighted by molar-refractivity contribution is 5.94. The molecule has 0 spiro atoms. The summed E-state index contributed by atoms with van der Waals surface area (Å²) in [6.45, 7) is 6.58. The number of nitro benzene ring substituents is 1. The number of para-hydroxylation sites is 1. The molecule has 0 saturated heterocycles. The van der Waals surface area contributed by atoms with Gasteiger partial charge in [-0.1, -0.05) is 31.2 Å². The van der Waals surface area contributed by atoms with E-state index in [2.05, 4.69) is 10.6 Å². The Hall–Kier alpha value is -3.26. The van der Waals surface area contributed by atoms with E-state index in [-0.39, 0.29) is 30.6 Å². The number of rotatable bonds is 9. The molecule has 1 atom stereocenters. The first-order chi connectivity index (χ1) is 13.8. The molecule has 8 nitrogen and oxygen atoms in total. The molecule has 2 amide bonds. The molecule has 1 unspecified atom stereocenters. The Morgan fingerprint density at radius 3 is 2.14 bits per heavy atom. The normalized spacial score (nSPS) is 11.6. The van der Waals surface area contributed by atoms with Crippen molar-refractivity contribution >= 4 is 28.9 Å². The standard InChI is InChI=1S/C21H26N4O4/c1-4-11-24(13-20(26)22-18-8-6-5-7-15(18)2)14-21(27)23-19-12-17(25(28)29)10-9-16(19)3/h5-10,12H,4,11,13-14H2,1-3H3,(H,22,26)(H,23,27)/p+1. The lowest BCUT2D eigenvalue weighted by atomic mass is 10.2. The molecule has 8 heteroatoms.